The van der Waals surface area contributed by atoms with Crippen LogP contribution in [0.2, 0.25) is 0 Å². The number of hydrogen-bond acceptors (Lipinski definition) is 1. The van der Waals surface area contributed by atoms with Gasteiger partial charge in [-0.05, 0) is 24.1 Å². The first-order valence-electron chi connectivity index (χ1n) is 5.16. The van der Waals surface area contributed by atoms with Crippen LogP contribution in [0, 0.1) is 5.82 Å². The van der Waals surface area contributed by atoms with Gasteiger partial charge in [0.05, 0.1) is 0 Å². The van der Waals surface area contributed by atoms with Crippen LogP contribution < -0.4 is 10.6 Å². The summed E-state index contributed by atoms with van der Waals surface area (Å²) in [6, 6.07) is 5.83. The van der Waals surface area contributed by atoms with Gasteiger partial charge in [0.25, 0.3) is 0 Å². The molecule has 0 fully saturated rings. The summed E-state index contributed by atoms with van der Waals surface area (Å²) < 4.78 is 12.8. The lowest BCUT2D eigenvalue weighted by atomic mass is 10.2. The van der Waals surface area contributed by atoms with E-state index in [1.807, 2.05) is 13.0 Å². The van der Waals surface area contributed by atoms with E-state index in [4.69, 9.17) is 0 Å². The molecule has 0 heterocycles. The van der Waals surface area contributed by atoms with Gasteiger partial charge in [0.15, 0.2) is 0 Å². The van der Waals surface area contributed by atoms with Crippen molar-refractivity contribution in [1.29, 1.82) is 0 Å². The lowest BCUT2D eigenvalue weighted by Gasteiger charge is -2.04. The third-order valence-corrected chi connectivity index (χ3v) is 1.91. The average Bonchev–Trinajstić information content (AvgIpc) is 2.27. The summed E-state index contributed by atoms with van der Waals surface area (Å²) in [7, 11) is 0. The minimum atomic E-state index is -0.300. The molecule has 0 saturated carbocycles. The molecule has 1 aromatic carbocycles. The van der Waals surface area contributed by atoms with E-state index in [-0.39, 0.29) is 11.8 Å². The van der Waals surface area contributed by atoms with Gasteiger partial charge in [-0.15, -0.1) is 0 Å². The fourth-order valence-electron chi connectivity index (χ4n) is 1.13. The zero-order valence-corrected chi connectivity index (χ0v) is 9.16. The normalized spacial score (nSPS) is 10.4. The van der Waals surface area contributed by atoms with Crippen LogP contribution in [0.3, 0.4) is 0 Å². The molecule has 0 aliphatic heterocycles. The fraction of sp³-hybridized carbons (Fsp3) is 0.250. The van der Waals surface area contributed by atoms with Crippen LogP contribution >= 0.6 is 0 Å². The van der Waals surface area contributed by atoms with Gasteiger partial charge in [-0.25, -0.2) is 9.18 Å². The molecule has 0 radical (unpaired) electrons. The molecule has 0 aliphatic carbocycles. The number of urea groups is 1. The van der Waals surface area contributed by atoms with Crippen LogP contribution in [0.25, 0.3) is 0 Å². The highest BCUT2D eigenvalue weighted by Crippen LogP contribution is 2.02. The Kier molecular flexibility index (Phi) is 5.05. The maximum atomic E-state index is 12.8. The summed E-state index contributed by atoms with van der Waals surface area (Å²) in [5, 5.41) is 5.16. The standard InChI is InChI=1S/C12H15FN2O/c1-2-3-7-14-12(16)15-9-10-5-4-6-11(13)8-10/h3-8H,2,9H2,1H3,(H2,14,15,16)/b7-3+. The van der Waals surface area contributed by atoms with Crippen LogP contribution in [0.15, 0.2) is 36.5 Å². The molecule has 16 heavy (non-hydrogen) atoms. The molecule has 1 aromatic rings. The first-order chi connectivity index (χ1) is 7.72. The largest absolute Gasteiger partial charge is 0.334 e. The molecule has 1 rings (SSSR count). The quantitative estimate of drug-likeness (QED) is 0.807. The van der Waals surface area contributed by atoms with E-state index in [1.54, 1.807) is 18.3 Å². The van der Waals surface area contributed by atoms with E-state index in [9.17, 15) is 9.18 Å². The predicted octanol–water partition coefficient (Wildman–Crippen LogP) is 2.55. The molecule has 2 N–H and O–H groups in total. The number of nitrogens with one attached hydrogen (secondary N) is 2. The fourth-order valence-corrected chi connectivity index (χ4v) is 1.13. The SMILES string of the molecule is CC/C=C/NC(=O)NCc1cccc(F)c1. The lowest BCUT2D eigenvalue weighted by Crippen LogP contribution is -2.31. The van der Waals surface area contributed by atoms with Gasteiger partial charge in [-0.1, -0.05) is 25.1 Å². The average molecular weight is 222 g/mol. The molecule has 3 nitrogen and oxygen atoms in total. The molecule has 0 unspecified atom stereocenters. The Morgan fingerprint density at radius 1 is 1.50 bits per heavy atom. The third-order valence-electron chi connectivity index (χ3n) is 1.91. The van der Waals surface area contributed by atoms with Gasteiger partial charge in [0, 0.05) is 12.7 Å². The van der Waals surface area contributed by atoms with Crippen molar-refractivity contribution < 1.29 is 9.18 Å². The summed E-state index contributed by atoms with van der Waals surface area (Å²) in [5.41, 5.74) is 0.731. The van der Waals surface area contributed by atoms with Gasteiger partial charge in [-0.2, -0.15) is 0 Å². The van der Waals surface area contributed by atoms with Crippen molar-refractivity contribution in [3.63, 3.8) is 0 Å². The van der Waals surface area contributed by atoms with E-state index < -0.39 is 0 Å². The topological polar surface area (TPSA) is 41.1 Å². The number of amides is 2. The Morgan fingerprint density at radius 2 is 2.31 bits per heavy atom. The minimum absolute atomic E-state index is 0.297. The Labute approximate surface area is 94.4 Å². The molecule has 0 bridgehead atoms. The van der Waals surface area contributed by atoms with Crippen molar-refractivity contribution in [2.45, 2.75) is 19.9 Å². The zero-order chi connectivity index (χ0) is 11.8. The van der Waals surface area contributed by atoms with Crippen LogP contribution in [-0.4, -0.2) is 6.03 Å². The first-order valence-corrected chi connectivity index (χ1v) is 5.16. The van der Waals surface area contributed by atoms with Crippen molar-refractivity contribution in [1.82, 2.24) is 10.6 Å². The lowest BCUT2D eigenvalue weighted by molar-refractivity contribution is 0.243. The molecule has 2 amide bonds. The Balaban J connectivity index is 2.34. The van der Waals surface area contributed by atoms with Crippen molar-refractivity contribution in [3.8, 4) is 0 Å². The Hall–Kier alpha value is -1.84. The monoisotopic (exact) mass is 222 g/mol. The smallest absolute Gasteiger partial charge is 0.319 e. The second-order valence-corrected chi connectivity index (χ2v) is 3.27. The maximum Gasteiger partial charge on any atom is 0.319 e. The molecule has 0 atom stereocenters. The Bertz CT molecular complexity index is 377. The summed E-state index contributed by atoms with van der Waals surface area (Å²) in [5.74, 6) is -0.300. The van der Waals surface area contributed by atoms with Gasteiger partial charge in [-0.3, -0.25) is 0 Å². The molecule has 0 aliphatic rings. The van der Waals surface area contributed by atoms with E-state index in [2.05, 4.69) is 10.6 Å². The minimum Gasteiger partial charge on any atom is -0.334 e. The third kappa shape index (κ3) is 4.59. The van der Waals surface area contributed by atoms with Crippen molar-refractivity contribution in [3.05, 3.63) is 47.9 Å². The van der Waals surface area contributed by atoms with Crippen LogP contribution in [0.1, 0.15) is 18.9 Å². The van der Waals surface area contributed by atoms with Gasteiger partial charge >= 0.3 is 6.03 Å². The highest BCUT2D eigenvalue weighted by Gasteiger charge is 1.98. The molecule has 4 heteroatoms. The van der Waals surface area contributed by atoms with E-state index in [1.165, 1.54) is 12.1 Å². The highest BCUT2D eigenvalue weighted by molar-refractivity contribution is 5.74. The van der Waals surface area contributed by atoms with Gasteiger partial charge in [0.1, 0.15) is 5.82 Å². The predicted molar refractivity (Wildman–Crippen MR) is 61.2 cm³/mol. The number of carbonyl (C=O) groups is 1. The van der Waals surface area contributed by atoms with Crippen LogP contribution in [0.4, 0.5) is 9.18 Å². The first kappa shape index (κ1) is 12.2. The summed E-state index contributed by atoms with van der Waals surface area (Å²) in [6.07, 6.45) is 4.28. The highest BCUT2D eigenvalue weighted by atomic mass is 19.1. The summed E-state index contributed by atoms with van der Waals surface area (Å²) in [6.45, 7) is 2.28. The number of rotatable bonds is 4. The van der Waals surface area contributed by atoms with E-state index in [0.717, 1.165) is 12.0 Å². The number of hydrogen-bond donors (Lipinski definition) is 2. The second kappa shape index (κ2) is 6.61. The van der Waals surface area contributed by atoms with Crippen molar-refractivity contribution in [2.75, 3.05) is 0 Å². The molecule has 0 aromatic heterocycles. The number of benzene rings is 1. The van der Waals surface area contributed by atoms with Gasteiger partial charge < -0.3 is 10.6 Å². The molecule has 0 saturated heterocycles. The van der Waals surface area contributed by atoms with Crippen molar-refractivity contribution >= 4 is 6.03 Å². The molecular weight excluding hydrogens is 207 g/mol. The van der Waals surface area contributed by atoms with E-state index >= 15 is 0 Å². The van der Waals surface area contributed by atoms with Crippen LogP contribution in [0.5, 0.6) is 0 Å². The summed E-state index contributed by atoms with van der Waals surface area (Å²) in [4.78, 5) is 11.2. The zero-order valence-electron chi connectivity index (χ0n) is 9.16. The number of carbonyl (C=O) groups excluding carboxylic acids is 1. The Morgan fingerprint density at radius 3 is 3.00 bits per heavy atom. The van der Waals surface area contributed by atoms with Crippen molar-refractivity contribution in [2.24, 2.45) is 0 Å². The molecule has 86 valence electrons. The molecular formula is C12H15FN2O. The second-order valence-electron chi connectivity index (χ2n) is 3.27. The maximum absolute atomic E-state index is 12.8. The molecule has 0 spiro atoms. The summed E-state index contributed by atoms with van der Waals surface area (Å²) >= 11 is 0. The van der Waals surface area contributed by atoms with Crippen LogP contribution in [-0.2, 0) is 6.54 Å². The number of halogens is 1. The van der Waals surface area contributed by atoms with E-state index in [0.29, 0.717) is 6.54 Å². The van der Waals surface area contributed by atoms with Gasteiger partial charge in [0.2, 0.25) is 0 Å². The number of allylic oxidation sites excluding steroid dienone is 1.